The Morgan fingerprint density at radius 1 is 0.950 bits per heavy atom. The van der Waals surface area contributed by atoms with E-state index in [9.17, 15) is 0 Å². The van der Waals surface area contributed by atoms with E-state index in [2.05, 4.69) is 23.1 Å². The predicted octanol–water partition coefficient (Wildman–Crippen LogP) is 3.59. The van der Waals surface area contributed by atoms with E-state index in [0.29, 0.717) is 0 Å². The molecule has 6 heteroatoms. The highest BCUT2D eigenvalue weighted by Gasteiger charge is 1.73. The van der Waals surface area contributed by atoms with Crippen LogP contribution in [0.1, 0.15) is 13.8 Å². The van der Waals surface area contributed by atoms with Crippen molar-refractivity contribution in [2.75, 3.05) is 13.2 Å². The zero-order chi connectivity index (χ0) is 14.3. The number of imidazole rings is 2. The summed E-state index contributed by atoms with van der Waals surface area (Å²) in [6.07, 6.45) is 13.8. The SMILES string of the molecule is Br.C=Cn1ccnc1.C=Cn1ccnc1.CCOCC. The molecular formula is C14H23BrN4O. The summed E-state index contributed by atoms with van der Waals surface area (Å²) in [5.74, 6) is 0. The van der Waals surface area contributed by atoms with Crippen LogP contribution < -0.4 is 0 Å². The van der Waals surface area contributed by atoms with Gasteiger partial charge in [-0.2, -0.15) is 0 Å². The summed E-state index contributed by atoms with van der Waals surface area (Å²) in [4.78, 5) is 7.57. The van der Waals surface area contributed by atoms with E-state index in [-0.39, 0.29) is 17.0 Å². The number of hydrogen-bond acceptors (Lipinski definition) is 3. The van der Waals surface area contributed by atoms with E-state index < -0.39 is 0 Å². The molecule has 0 radical (unpaired) electrons. The first kappa shape index (κ1) is 20.7. The maximum absolute atomic E-state index is 4.83. The molecule has 5 nitrogen and oxygen atoms in total. The molecule has 20 heavy (non-hydrogen) atoms. The fourth-order valence-corrected chi connectivity index (χ4v) is 0.959. The summed E-state index contributed by atoms with van der Waals surface area (Å²) in [5.41, 5.74) is 0. The molecule has 0 atom stereocenters. The standard InChI is InChI=1S/2C5H6N2.C4H10O.BrH/c2*1-2-7-4-3-6-5-7;1-3-5-4-2;/h2*2-5H,1H2;3-4H2,1-2H3;1H. The molecule has 0 N–H and O–H groups in total. The normalized spacial score (nSPS) is 8.10. The maximum Gasteiger partial charge on any atom is 0.0986 e. The van der Waals surface area contributed by atoms with Crippen LogP contribution in [0.3, 0.4) is 0 Å². The molecule has 0 bridgehead atoms. The third kappa shape index (κ3) is 11.4. The third-order valence-electron chi connectivity index (χ3n) is 1.88. The second-order valence-electron chi connectivity index (χ2n) is 3.17. The second-order valence-corrected chi connectivity index (χ2v) is 3.17. The quantitative estimate of drug-likeness (QED) is 0.852. The lowest BCUT2D eigenvalue weighted by Gasteiger charge is -1.86. The third-order valence-corrected chi connectivity index (χ3v) is 1.88. The van der Waals surface area contributed by atoms with Gasteiger partial charge in [0.05, 0.1) is 12.7 Å². The van der Waals surface area contributed by atoms with Crippen molar-refractivity contribution >= 4 is 29.4 Å². The molecule has 2 aromatic rings. The first-order chi connectivity index (χ1) is 9.28. The molecular weight excluding hydrogens is 320 g/mol. The van der Waals surface area contributed by atoms with Gasteiger partial charge in [0.25, 0.3) is 0 Å². The topological polar surface area (TPSA) is 44.9 Å². The molecule has 0 spiro atoms. The molecule has 0 amide bonds. The van der Waals surface area contributed by atoms with Crippen LogP contribution in [0, 0.1) is 0 Å². The van der Waals surface area contributed by atoms with Gasteiger partial charge in [-0.3, -0.25) is 0 Å². The highest BCUT2D eigenvalue weighted by molar-refractivity contribution is 8.93. The van der Waals surface area contributed by atoms with Gasteiger partial charge in [0.1, 0.15) is 0 Å². The Bertz CT molecular complexity index is 372. The number of hydrogen-bond donors (Lipinski definition) is 0. The summed E-state index contributed by atoms with van der Waals surface area (Å²) >= 11 is 0. The van der Waals surface area contributed by atoms with Crippen molar-refractivity contribution in [1.82, 2.24) is 19.1 Å². The average Bonchev–Trinajstić information content (AvgIpc) is 3.14. The molecule has 0 aliphatic carbocycles. The fourth-order valence-electron chi connectivity index (χ4n) is 0.959. The Hall–Kier alpha value is -1.66. The van der Waals surface area contributed by atoms with Crippen LogP contribution in [0.4, 0.5) is 0 Å². The van der Waals surface area contributed by atoms with Crippen LogP contribution in [-0.2, 0) is 4.74 Å². The lowest BCUT2D eigenvalue weighted by Crippen LogP contribution is -1.84. The van der Waals surface area contributed by atoms with E-state index in [4.69, 9.17) is 4.74 Å². The average molecular weight is 343 g/mol. The number of halogens is 1. The Kier molecular flexibility index (Phi) is 15.9. The van der Waals surface area contributed by atoms with E-state index in [1.54, 1.807) is 46.6 Å². The summed E-state index contributed by atoms with van der Waals surface area (Å²) in [7, 11) is 0. The molecule has 0 saturated heterocycles. The summed E-state index contributed by atoms with van der Waals surface area (Å²) < 4.78 is 8.39. The molecule has 0 unspecified atom stereocenters. The van der Waals surface area contributed by atoms with Crippen LogP contribution in [0.25, 0.3) is 12.4 Å². The lowest BCUT2D eigenvalue weighted by molar-refractivity contribution is 0.162. The van der Waals surface area contributed by atoms with Crippen molar-refractivity contribution in [1.29, 1.82) is 0 Å². The second kappa shape index (κ2) is 15.4. The van der Waals surface area contributed by atoms with Gasteiger partial charge >= 0.3 is 0 Å². The highest BCUT2D eigenvalue weighted by atomic mass is 79.9. The van der Waals surface area contributed by atoms with Crippen molar-refractivity contribution in [3.63, 3.8) is 0 Å². The molecule has 2 rings (SSSR count). The van der Waals surface area contributed by atoms with Crippen LogP contribution in [-0.4, -0.2) is 32.3 Å². The van der Waals surface area contributed by atoms with Gasteiger partial charge in [-0.05, 0) is 13.8 Å². The zero-order valence-electron chi connectivity index (χ0n) is 12.1. The van der Waals surface area contributed by atoms with E-state index in [1.807, 2.05) is 26.2 Å². The van der Waals surface area contributed by atoms with E-state index in [1.165, 1.54) is 0 Å². The van der Waals surface area contributed by atoms with Gasteiger partial charge in [0.15, 0.2) is 0 Å². The molecule has 2 heterocycles. The Morgan fingerprint density at radius 3 is 1.45 bits per heavy atom. The fraction of sp³-hybridized carbons (Fsp3) is 0.286. The molecule has 0 aliphatic heterocycles. The molecule has 112 valence electrons. The minimum atomic E-state index is 0. The number of aromatic nitrogens is 4. The number of rotatable bonds is 4. The van der Waals surface area contributed by atoms with Gasteiger partial charge in [-0.1, -0.05) is 13.2 Å². The molecule has 0 fully saturated rings. The minimum absolute atomic E-state index is 0. The molecule has 2 aromatic heterocycles. The van der Waals surface area contributed by atoms with Gasteiger partial charge in [-0.15, -0.1) is 17.0 Å². The van der Waals surface area contributed by atoms with Crippen molar-refractivity contribution in [3.05, 3.63) is 50.6 Å². The number of nitrogens with zero attached hydrogens (tertiary/aromatic N) is 4. The van der Waals surface area contributed by atoms with Crippen LogP contribution >= 0.6 is 17.0 Å². The minimum Gasteiger partial charge on any atom is -0.382 e. The van der Waals surface area contributed by atoms with E-state index >= 15 is 0 Å². The van der Waals surface area contributed by atoms with Gasteiger partial charge in [0.2, 0.25) is 0 Å². The van der Waals surface area contributed by atoms with Crippen LogP contribution in [0.2, 0.25) is 0 Å². The Labute approximate surface area is 131 Å². The zero-order valence-corrected chi connectivity index (χ0v) is 13.8. The number of ether oxygens (including phenoxy) is 1. The molecule has 0 saturated carbocycles. The summed E-state index contributed by atoms with van der Waals surface area (Å²) in [6.45, 7) is 12.7. The van der Waals surface area contributed by atoms with Crippen molar-refractivity contribution in [2.45, 2.75) is 13.8 Å². The Morgan fingerprint density at radius 2 is 1.35 bits per heavy atom. The predicted molar refractivity (Wildman–Crippen MR) is 89.7 cm³/mol. The first-order valence-corrected chi connectivity index (χ1v) is 6.06. The molecule has 0 aromatic carbocycles. The molecule has 0 aliphatic rings. The van der Waals surface area contributed by atoms with Gasteiger partial charge < -0.3 is 13.9 Å². The first-order valence-electron chi connectivity index (χ1n) is 6.06. The van der Waals surface area contributed by atoms with E-state index in [0.717, 1.165) is 13.2 Å². The van der Waals surface area contributed by atoms with Crippen LogP contribution in [0.5, 0.6) is 0 Å². The maximum atomic E-state index is 4.83. The lowest BCUT2D eigenvalue weighted by atomic mass is 10.8. The van der Waals surface area contributed by atoms with Crippen molar-refractivity contribution in [2.24, 2.45) is 0 Å². The summed E-state index contributed by atoms with van der Waals surface area (Å²) in [5, 5.41) is 0. The monoisotopic (exact) mass is 342 g/mol. The Balaban J connectivity index is 0. The summed E-state index contributed by atoms with van der Waals surface area (Å²) in [6, 6.07) is 0. The largest absolute Gasteiger partial charge is 0.382 e. The van der Waals surface area contributed by atoms with Gasteiger partial charge in [-0.25, -0.2) is 9.97 Å². The van der Waals surface area contributed by atoms with Crippen molar-refractivity contribution in [3.8, 4) is 0 Å². The van der Waals surface area contributed by atoms with Gasteiger partial charge in [0, 0.05) is 50.4 Å². The van der Waals surface area contributed by atoms with Crippen molar-refractivity contribution < 1.29 is 4.74 Å². The smallest absolute Gasteiger partial charge is 0.0986 e. The highest BCUT2D eigenvalue weighted by Crippen LogP contribution is 1.82. The van der Waals surface area contributed by atoms with Crippen LogP contribution in [0.15, 0.2) is 50.6 Å².